The van der Waals surface area contributed by atoms with Crippen molar-refractivity contribution in [2.75, 3.05) is 12.8 Å². The molecule has 1 aromatic heterocycles. The molecule has 0 radical (unpaired) electrons. The number of hydrogen-bond donors (Lipinski definition) is 1. The molecule has 1 atom stereocenters. The van der Waals surface area contributed by atoms with Crippen LogP contribution in [0.5, 0.6) is 0 Å². The normalized spacial score (nSPS) is 19.3. The van der Waals surface area contributed by atoms with Crippen LogP contribution in [0.3, 0.4) is 0 Å². The van der Waals surface area contributed by atoms with Crippen molar-refractivity contribution in [1.29, 1.82) is 5.26 Å². The molecule has 0 spiro atoms. The SMILES string of the molecule is COC1CCc2nc(N)c(C#N)cc2C1. The number of rotatable bonds is 1. The lowest BCUT2D eigenvalue weighted by molar-refractivity contribution is 0.0905. The fraction of sp³-hybridized carbons (Fsp3) is 0.455. The number of nitrogens with zero attached hydrogens (tertiary/aromatic N) is 2. The van der Waals surface area contributed by atoms with Crippen molar-refractivity contribution in [2.45, 2.75) is 25.4 Å². The minimum atomic E-state index is 0.245. The van der Waals surface area contributed by atoms with Gasteiger partial charge in [0, 0.05) is 19.2 Å². The topological polar surface area (TPSA) is 71.9 Å². The number of methoxy groups -OCH3 is 1. The molecule has 2 rings (SSSR count). The molecule has 0 amide bonds. The van der Waals surface area contributed by atoms with Gasteiger partial charge in [-0.2, -0.15) is 5.26 Å². The predicted molar refractivity (Wildman–Crippen MR) is 56.2 cm³/mol. The van der Waals surface area contributed by atoms with Crippen molar-refractivity contribution < 1.29 is 4.74 Å². The quantitative estimate of drug-likeness (QED) is 0.740. The van der Waals surface area contributed by atoms with Gasteiger partial charge < -0.3 is 10.5 Å². The number of pyridine rings is 1. The molecule has 0 fully saturated rings. The van der Waals surface area contributed by atoms with Crippen LogP contribution in [0.2, 0.25) is 0 Å². The molecule has 78 valence electrons. The number of nitrogen functional groups attached to an aromatic ring is 1. The van der Waals surface area contributed by atoms with E-state index in [0.29, 0.717) is 11.4 Å². The smallest absolute Gasteiger partial charge is 0.141 e. The highest BCUT2D eigenvalue weighted by Crippen LogP contribution is 2.24. The van der Waals surface area contributed by atoms with Crippen LogP contribution in [-0.4, -0.2) is 18.2 Å². The number of ether oxygens (including phenoxy) is 1. The van der Waals surface area contributed by atoms with E-state index in [-0.39, 0.29) is 6.10 Å². The van der Waals surface area contributed by atoms with Gasteiger partial charge in [0.1, 0.15) is 11.9 Å². The number of nitrogens with two attached hydrogens (primary N) is 1. The molecule has 0 saturated heterocycles. The van der Waals surface area contributed by atoms with Crippen molar-refractivity contribution >= 4 is 5.82 Å². The van der Waals surface area contributed by atoms with Crippen LogP contribution in [-0.2, 0) is 17.6 Å². The Hall–Kier alpha value is -1.60. The van der Waals surface area contributed by atoms with Crippen molar-refractivity contribution in [3.05, 3.63) is 22.9 Å². The summed E-state index contributed by atoms with van der Waals surface area (Å²) >= 11 is 0. The molecule has 0 aromatic carbocycles. The van der Waals surface area contributed by atoms with Crippen LogP contribution < -0.4 is 5.73 Å². The molecule has 1 unspecified atom stereocenters. The van der Waals surface area contributed by atoms with Crippen LogP contribution >= 0.6 is 0 Å². The predicted octanol–water partition coefficient (Wildman–Crippen LogP) is 1.04. The first-order valence-corrected chi connectivity index (χ1v) is 4.95. The first-order valence-electron chi connectivity index (χ1n) is 4.95. The van der Waals surface area contributed by atoms with Crippen LogP contribution in [0.15, 0.2) is 6.07 Å². The monoisotopic (exact) mass is 203 g/mol. The summed E-state index contributed by atoms with van der Waals surface area (Å²) in [6.07, 6.45) is 2.92. The summed E-state index contributed by atoms with van der Waals surface area (Å²) in [5.41, 5.74) is 8.23. The first kappa shape index (κ1) is 9.94. The first-order chi connectivity index (χ1) is 7.24. The van der Waals surface area contributed by atoms with Crippen LogP contribution in [0.4, 0.5) is 5.82 Å². The second-order valence-electron chi connectivity index (χ2n) is 3.74. The average molecular weight is 203 g/mol. The standard InChI is InChI=1S/C11H13N3O/c1-15-9-2-3-10-7(5-9)4-8(6-12)11(13)14-10/h4,9H,2-3,5H2,1H3,(H2,13,14). The highest BCUT2D eigenvalue weighted by atomic mass is 16.5. The van der Waals surface area contributed by atoms with Crippen LogP contribution in [0.25, 0.3) is 0 Å². The third kappa shape index (κ3) is 1.79. The molecule has 4 nitrogen and oxygen atoms in total. The lowest BCUT2D eigenvalue weighted by atomic mass is 9.92. The van der Waals surface area contributed by atoms with E-state index in [9.17, 15) is 0 Å². The third-order valence-corrected chi connectivity index (χ3v) is 2.83. The number of nitriles is 1. The minimum absolute atomic E-state index is 0.245. The van der Waals surface area contributed by atoms with Gasteiger partial charge in [-0.05, 0) is 24.5 Å². The Labute approximate surface area is 88.7 Å². The van der Waals surface area contributed by atoms with Crippen LogP contribution in [0, 0.1) is 11.3 Å². The molecule has 1 aliphatic rings. The number of aryl methyl sites for hydroxylation is 1. The Morgan fingerprint density at radius 1 is 1.67 bits per heavy atom. The number of fused-ring (bicyclic) bond motifs is 1. The molecule has 4 heteroatoms. The highest BCUT2D eigenvalue weighted by molar-refractivity contribution is 5.51. The van der Waals surface area contributed by atoms with Gasteiger partial charge in [0.15, 0.2) is 0 Å². The van der Waals surface area contributed by atoms with Crippen molar-refractivity contribution in [2.24, 2.45) is 0 Å². The van der Waals surface area contributed by atoms with E-state index in [2.05, 4.69) is 4.98 Å². The van der Waals surface area contributed by atoms with Gasteiger partial charge in [-0.25, -0.2) is 4.98 Å². The lowest BCUT2D eigenvalue weighted by Gasteiger charge is -2.23. The Morgan fingerprint density at radius 2 is 2.47 bits per heavy atom. The molecular weight excluding hydrogens is 190 g/mol. The Morgan fingerprint density at radius 3 is 3.13 bits per heavy atom. The van der Waals surface area contributed by atoms with Crippen molar-refractivity contribution in [3.63, 3.8) is 0 Å². The van der Waals surface area contributed by atoms with Gasteiger partial charge in [-0.1, -0.05) is 0 Å². The number of hydrogen-bond acceptors (Lipinski definition) is 4. The van der Waals surface area contributed by atoms with E-state index >= 15 is 0 Å². The molecule has 0 saturated carbocycles. The van der Waals surface area contributed by atoms with E-state index in [1.807, 2.05) is 12.1 Å². The summed E-state index contributed by atoms with van der Waals surface area (Å²) in [4.78, 5) is 4.25. The van der Waals surface area contributed by atoms with Gasteiger partial charge in [0.25, 0.3) is 0 Å². The molecule has 1 heterocycles. The van der Waals surface area contributed by atoms with Gasteiger partial charge in [0.2, 0.25) is 0 Å². The molecule has 2 N–H and O–H groups in total. The number of aromatic nitrogens is 1. The Bertz CT molecular complexity index is 423. The largest absolute Gasteiger partial charge is 0.383 e. The maximum Gasteiger partial charge on any atom is 0.141 e. The van der Waals surface area contributed by atoms with E-state index < -0.39 is 0 Å². The average Bonchev–Trinajstić information content (AvgIpc) is 2.27. The zero-order valence-corrected chi connectivity index (χ0v) is 8.66. The molecule has 1 aliphatic carbocycles. The lowest BCUT2D eigenvalue weighted by Crippen LogP contribution is -2.22. The van der Waals surface area contributed by atoms with Crippen LogP contribution in [0.1, 0.15) is 23.2 Å². The van der Waals surface area contributed by atoms with E-state index in [1.165, 1.54) is 0 Å². The number of anilines is 1. The molecule has 15 heavy (non-hydrogen) atoms. The highest BCUT2D eigenvalue weighted by Gasteiger charge is 2.20. The van der Waals surface area contributed by atoms with Crippen molar-refractivity contribution in [3.8, 4) is 6.07 Å². The van der Waals surface area contributed by atoms with E-state index in [0.717, 1.165) is 30.5 Å². The van der Waals surface area contributed by atoms with Gasteiger partial charge in [-0.15, -0.1) is 0 Å². The summed E-state index contributed by atoms with van der Waals surface area (Å²) < 4.78 is 5.31. The van der Waals surface area contributed by atoms with E-state index in [4.69, 9.17) is 15.7 Å². The molecule has 1 aromatic rings. The summed E-state index contributed by atoms with van der Waals surface area (Å²) in [6, 6.07) is 3.89. The second kappa shape index (κ2) is 3.87. The van der Waals surface area contributed by atoms with Gasteiger partial charge in [0.05, 0.1) is 11.7 Å². The third-order valence-electron chi connectivity index (χ3n) is 2.83. The molecular formula is C11H13N3O. The van der Waals surface area contributed by atoms with Crippen molar-refractivity contribution in [1.82, 2.24) is 4.98 Å². The summed E-state index contributed by atoms with van der Waals surface area (Å²) in [5, 5.41) is 8.84. The second-order valence-corrected chi connectivity index (χ2v) is 3.74. The molecule has 0 bridgehead atoms. The van der Waals surface area contributed by atoms with E-state index in [1.54, 1.807) is 7.11 Å². The Kier molecular flexibility index (Phi) is 2.57. The Balaban J connectivity index is 2.38. The zero-order valence-electron chi connectivity index (χ0n) is 8.66. The fourth-order valence-corrected chi connectivity index (χ4v) is 1.94. The maximum absolute atomic E-state index is 8.84. The van der Waals surface area contributed by atoms with Gasteiger partial charge >= 0.3 is 0 Å². The summed E-state index contributed by atoms with van der Waals surface area (Å²) in [7, 11) is 1.71. The zero-order chi connectivity index (χ0) is 10.8. The summed E-state index contributed by atoms with van der Waals surface area (Å²) in [6.45, 7) is 0. The fourth-order valence-electron chi connectivity index (χ4n) is 1.94. The summed E-state index contributed by atoms with van der Waals surface area (Å²) in [5.74, 6) is 0.340. The van der Waals surface area contributed by atoms with Gasteiger partial charge in [-0.3, -0.25) is 0 Å². The minimum Gasteiger partial charge on any atom is -0.383 e. The molecule has 0 aliphatic heterocycles. The maximum atomic E-state index is 8.84.